The van der Waals surface area contributed by atoms with Gasteiger partial charge in [0.1, 0.15) is 18.2 Å². The zero-order chi connectivity index (χ0) is 25.3. The number of esters is 1. The highest BCUT2D eigenvalue weighted by Gasteiger charge is 2.41. The minimum Gasteiger partial charge on any atom is -0.466 e. The molecule has 1 aliphatic rings. The van der Waals surface area contributed by atoms with E-state index in [0.717, 1.165) is 24.8 Å². The number of rotatable bonds is 11. The van der Waals surface area contributed by atoms with Crippen LogP contribution in [0.15, 0.2) is 24.3 Å². The smallest absolute Gasteiger partial charge is 0.408 e. The molecule has 1 atom stereocenters. The summed E-state index contributed by atoms with van der Waals surface area (Å²) in [5.41, 5.74) is 1.09. The number of nitrogens with zero attached hydrogens (tertiary/aromatic N) is 1. The van der Waals surface area contributed by atoms with Crippen molar-refractivity contribution in [2.24, 2.45) is 0 Å². The number of amides is 3. The topological polar surface area (TPSA) is 114 Å². The summed E-state index contributed by atoms with van der Waals surface area (Å²) in [6.07, 6.45) is 1.75. The minimum absolute atomic E-state index is 0.0403. The number of aryl methyl sites for hydroxylation is 1. The lowest BCUT2D eigenvalue weighted by Crippen LogP contribution is -2.49. The van der Waals surface area contributed by atoms with Gasteiger partial charge in [-0.15, -0.1) is 0 Å². The van der Waals surface area contributed by atoms with Crippen LogP contribution in [0.1, 0.15) is 71.0 Å². The summed E-state index contributed by atoms with van der Waals surface area (Å²) in [7, 11) is 0. The maximum Gasteiger partial charge on any atom is 0.408 e. The first-order chi connectivity index (χ1) is 16.1. The quantitative estimate of drug-likeness (QED) is 0.476. The Labute approximate surface area is 201 Å². The first-order valence-electron chi connectivity index (χ1n) is 11.9. The van der Waals surface area contributed by atoms with Gasteiger partial charge in [0.15, 0.2) is 0 Å². The number of hydrogen-bond donors (Lipinski definition) is 2. The third-order valence-corrected chi connectivity index (χ3v) is 5.17. The van der Waals surface area contributed by atoms with Gasteiger partial charge in [-0.05, 0) is 58.1 Å². The molecule has 1 unspecified atom stereocenters. The van der Waals surface area contributed by atoms with E-state index >= 15 is 0 Å². The molecular weight excluding hydrogens is 438 g/mol. The van der Waals surface area contributed by atoms with Crippen LogP contribution >= 0.6 is 0 Å². The number of alkyl carbamates (subject to hydrolysis) is 1. The molecule has 0 heterocycles. The number of hydrogen-bond acceptors (Lipinski definition) is 6. The van der Waals surface area contributed by atoms with Gasteiger partial charge in [-0.3, -0.25) is 14.4 Å². The van der Waals surface area contributed by atoms with Crippen molar-refractivity contribution in [3.05, 3.63) is 35.4 Å². The van der Waals surface area contributed by atoms with E-state index in [2.05, 4.69) is 10.6 Å². The monoisotopic (exact) mass is 475 g/mol. The Morgan fingerprint density at radius 1 is 1.06 bits per heavy atom. The SMILES string of the molecule is CCOC(=O)CCNC(=O)C(c1ccc(CC)cc1)N(C(=O)CNC(=O)OC(C)(C)C)C1CC1. The molecule has 1 saturated carbocycles. The highest BCUT2D eigenvalue weighted by molar-refractivity contribution is 5.91. The number of ether oxygens (including phenoxy) is 2. The average Bonchev–Trinajstić information content (AvgIpc) is 3.60. The van der Waals surface area contributed by atoms with Crippen molar-refractivity contribution in [2.75, 3.05) is 19.7 Å². The molecule has 0 saturated heterocycles. The largest absolute Gasteiger partial charge is 0.466 e. The van der Waals surface area contributed by atoms with Gasteiger partial charge in [0.2, 0.25) is 11.8 Å². The molecule has 0 aromatic heterocycles. The molecule has 0 aliphatic heterocycles. The van der Waals surface area contributed by atoms with Crippen molar-refractivity contribution in [1.29, 1.82) is 0 Å². The van der Waals surface area contributed by atoms with Gasteiger partial charge in [-0.25, -0.2) is 4.79 Å². The second-order valence-electron chi connectivity index (χ2n) is 9.23. The van der Waals surface area contributed by atoms with Crippen LogP contribution < -0.4 is 10.6 Å². The highest BCUT2D eigenvalue weighted by atomic mass is 16.6. The van der Waals surface area contributed by atoms with Crippen LogP contribution in [-0.2, 0) is 30.3 Å². The number of carbonyl (C=O) groups excluding carboxylic acids is 4. The fourth-order valence-corrected chi connectivity index (χ4v) is 3.46. The predicted molar refractivity (Wildman–Crippen MR) is 127 cm³/mol. The van der Waals surface area contributed by atoms with E-state index in [1.54, 1.807) is 27.7 Å². The standard InChI is InChI=1S/C25H37N3O6/c1-6-17-8-10-18(11-9-17)22(23(31)26-15-14-21(30)33-7-2)28(19-12-13-19)20(29)16-27-24(32)34-25(3,4)5/h8-11,19,22H,6-7,12-16H2,1-5H3,(H,26,31)(H,27,32). The van der Waals surface area contributed by atoms with Gasteiger partial charge in [0.25, 0.3) is 0 Å². The van der Waals surface area contributed by atoms with Gasteiger partial charge >= 0.3 is 12.1 Å². The Balaban J connectivity index is 2.19. The summed E-state index contributed by atoms with van der Waals surface area (Å²) in [5, 5.41) is 5.26. The molecule has 2 N–H and O–H groups in total. The molecule has 188 valence electrons. The Morgan fingerprint density at radius 3 is 2.24 bits per heavy atom. The second kappa shape index (κ2) is 12.4. The third-order valence-electron chi connectivity index (χ3n) is 5.17. The number of benzene rings is 1. The zero-order valence-electron chi connectivity index (χ0n) is 20.8. The van der Waals surface area contributed by atoms with Crippen LogP contribution in [-0.4, -0.2) is 60.1 Å². The molecule has 34 heavy (non-hydrogen) atoms. The fourth-order valence-electron chi connectivity index (χ4n) is 3.46. The zero-order valence-corrected chi connectivity index (χ0v) is 20.8. The minimum atomic E-state index is -0.881. The molecule has 1 aliphatic carbocycles. The van der Waals surface area contributed by atoms with Gasteiger partial charge in [0, 0.05) is 12.6 Å². The molecular formula is C25H37N3O6. The molecule has 9 nitrogen and oxygen atoms in total. The summed E-state index contributed by atoms with van der Waals surface area (Å²) in [4.78, 5) is 51.7. The Hall–Kier alpha value is -3.10. The van der Waals surface area contributed by atoms with E-state index in [1.807, 2.05) is 31.2 Å². The first kappa shape index (κ1) is 27.1. The van der Waals surface area contributed by atoms with Crippen LogP contribution in [0, 0.1) is 0 Å². The summed E-state index contributed by atoms with van der Waals surface area (Å²) >= 11 is 0. The molecule has 1 aromatic carbocycles. The van der Waals surface area contributed by atoms with E-state index in [0.29, 0.717) is 5.56 Å². The van der Waals surface area contributed by atoms with E-state index < -0.39 is 23.7 Å². The van der Waals surface area contributed by atoms with Gasteiger partial charge < -0.3 is 25.0 Å². The molecule has 0 bridgehead atoms. The average molecular weight is 476 g/mol. The highest BCUT2D eigenvalue weighted by Crippen LogP contribution is 2.35. The third kappa shape index (κ3) is 8.68. The van der Waals surface area contributed by atoms with Crippen molar-refractivity contribution < 1.29 is 28.7 Å². The summed E-state index contributed by atoms with van der Waals surface area (Å²) in [6, 6.07) is 6.58. The first-order valence-corrected chi connectivity index (χ1v) is 11.9. The molecule has 0 radical (unpaired) electrons. The van der Waals surface area contributed by atoms with Gasteiger partial charge in [-0.1, -0.05) is 31.2 Å². The van der Waals surface area contributed by atoms with Gasteiger partial charge in [0.05, 0.1) is 13.0 Å². The van der Waals surface area contributed by atoms with E-state index in [-0.39, 0.29) is 44.0 Å². The maximum atomic E-state index is 13.3. The van der Waals surface area contributed by atoms with Crippen LogP contribution in [0.4, 0.5) is 4.79 Å². The maximum absolute atomic E-state index is 13.3. The second-order valence-corrected chi connectivity index (χ2v) is 9.23. The molecule has 3 amide bonds. The molecule has 0 spiro atoms. The van der Waals surface area contributed by atoms with Crippen molar-refractivity contribution in [3.8, 4) is 0 Å². The lowest BCUT2D eigenvalue weighted by Gasteiger charge is -2.32. The van der Waals surface area contributed by atoms with Crippen LogP contribution in [0.5, 0.6) is 0 Å². The van der Waals surface area contributed by atoms with E-state index in [4.69, 9.17) is 9.47 Å². The summed E-state index contributed by atoms with van der Waals surface area (Å²) in [6.45, 7) is 9.06. The van der Waals surface area contributed by atoms with Gasteiger partial charge in [-0.2, -0.15) is 0 Å². The Kier molecular flexibility index (Phi) is 9.89. The fraction of sp³-hybridized carbons (Fsp3) is 0.600. The van der Waals surface area contributed by atoms with Crippen LogP contribution in [0.2, 0.25) is 0 Å². The lowest BCUT2D eigenvalue weighted by atomic mass is 10.0. The van der Waals surface area contributed by atoms with E-state index in [9.17, 15) is 19.2 Å². The van der Waals surface area contributed by atoms with Crippen molar-refractivity contribution in [2.45, 2.75) is 78.0 Å². The number of nitrogens with one attached hydrogen (secondary N) is 2. The Bertz CT molecular complexity index is 858. The molecule has 1 fully saturated rings. The van der Waals surface area contributed by atoms with Crippen molar-refractivity contribution in [1.82, 2.24) is 15.5 Å². The van der Waals surface area contributed by atoms with Crippen molar-refractivity contribution >= 4 is 23.9 Å². The summed E-state index contributed by atoms with van der Waals surface area (Å²) < 4.78 is 10.1. The molecule has 2 rings (SSSR count). The number of carbonyl (C=O) groups is 4. The lowest BCUT2D eigenvalue weighted by molar-refractivity contribution is -0.144. The van der Waals surface area contributed by atoms with Crippen LogP contribution in [0.3, 0.4) is 0 Å². The van der Waals surface area contributed by atoms with E-state index in [1.165, 1.54) is 4.90 Å². The summed E-state index contributed by atoms with van der Waals surface area (Å²) in [5.74, 6) is -1.16. The van der Waals surface area contributed by atoms with Crippen molar-refractivity contribution in [3.63, 3.8) is 0 Å². The molecule has 1 aromatic rings. The Morgan fingerprint density at radius 2 is 1.71 bits per heavy atom. The molecule has 9 heteroatoms. The predicted octanol–water partition coefficient (Wildman–Crippen LogP) is 2.88. The van der Waals surface area contributed by atoms with Crippen LogP contribution in [0.25, 0.3) is 0 Å². The normalized spacial score (nSPS) is 14.0.